The van der Waals surface area contributed by atoms with Crippen LogP contribution >= 0.6 is 11.3 Å². The van der Waals surface area contributed by atoms with E-state index >= 15 is 0 Å². The van der Waals surface area contributed by atoms with Crippen molar-refractivity contribution in [3.8, 4) is 0 Å². The lowest BCUT2D eigenvalue weighted by atomic mass is 10.2. The van der Waals surface area contributed by atoms with Gasteiger partial charge in [-0.05, 0) is 30.7 Å². The zero-order valence-corrected chi connectivity index (χ0v) is 15.6. The van der Waals surface area contributed by atoms with Crippen molar-refractivity contribution < 1.29 is 27.1 Å². The van der Waals surface area contributed by atoms with E-state index in [4.69, 9.17) is 9.88 Å². The maximum Gasteiger partial charge on any atom is 0.339 e. The molecular formula is C16H17FN2O5S2. The minimum Gasteiger partial charge on any atom is -0.449 e. The molecule has 2 aromatic rings. The number of likely N-dealkylation sites (N-methyl/N-ethyl adjacent to an activating group) is 1. The minimum absolute atomic E-state index is 0.00791. The maximum absolute atomic E-state index is 13.2. The monoisotopic (exact) mass is 400 g/mol. The Morgan fingerprint density at radius 2 is 2.04 bits per heavy atom. The summed E-state index contributed by atoms with van der Waals surface area (Å²) in [7, 11) is -2.41. The van der Waals surface area contributed by atoms with Crippen molar-refractivity contribution in [3.05, 3.63) is 52.7 Å². The van der Waals surface area contributed by atoms with E-state index in [1.165, 1.54) is 42.5 Å². The Bertz CT molecular complexity index is 926. The Hall–Kier alpha value is -2.30. The van der Waals surface area contributed by atoms with E-state index < -0.39 is 33.8 Å². The predicted molar refractivity (Wildman–Crippen MR) is 93.4 cm³/mol. The van der Waals surface area contributed by atoms with E-state index in [9.17, 15) is 22.4 Å². The number of benzene rings is 1. The summed E-state index contributed by atoms with van der Waals surface area (Å²) in [6, 6.07) is 6.90. The van der Waals surface area contributed by atoms with Crippen LogP contribution in [-0.4, -0.2) is 38.3 Å². The van der Waals surface area contributed by atoms with Crippen LogP contribution in [-0.2, 0) is 26.1 Å². The number of halogens is 1. The van der Waals surface area contributed by atoms with Crippen LogP contribution in [0.2, 0.25) is 0 Å². The summed E-state index contributed by atoms with van der Waals surface area (Å²) in [5.74, 6) is -1.73. The second-order valence-electron chi connectivity index (χ2n) is 5.57. The van der Waals surface area contributed by atoms with Gasteiger partial charge in [0.15, 0.2) is 6.10 Å². The SMILES string of the molecule is CC(OC(=O)c1csc(S(N)(=O)=O)c1)C(=O)N(C)Cc1cccc(F)c1. The van der Waals surface area contributed by atoms with Gasteiger partial charge in [0.2, 0.25) is 10.0 Å². The molecule has 0 aliphatic rings. The van der Waals surface area contributed by atoms with E-state index in [2.05, 4.69) is 0 Å². The van der Waals surface area contributed by atoms with Gasteiger partial charge in [-0.3, -0.25) is 4.79 Å². The number of carbonyl (C=O) groups is 2. The second kappa shape index (κ2) is 7.94. The van der Waals surface area contributed by atoms with Crippen LogP contribution in [0.25, 0.3) is 0 Å². The number of thiophene rings is 1. The van der Waals surface area contributed by atoms with Crippen LogP contribution < -0.4 is 5.14 Å². The lowest BCUT2D eigenvalue weighted by Crippen LogP contribution is -2.37. The van der Waals surface area contributed by atoms with E-state index in [1.807, 2.05) is 0 Å². The Morgan fingerprint density at radius 3 is 2.62 bits per heavy atom. The molecule has 1 amide bonds. The van der Waals surface area contributed by atoms with Gasteiger partial charge >= 0.3 is 5.97 Å². The number of nitrogens with zero attached hydrogens (tertiary/aromatic N) is 1. The number of primary sulfonamides is 1. The molecule has 0 spiro atoms. The molecule has 1 atom stereocenters. The largest absolute Gasteiger partial charge is 0.449 e. The van der Waals surface area contributed by atoms with Crippen molar-refractivity contribution in [2.45, 2.75) is 23.8 Å². The van der Waals surface area contributed by atoms with Crippen LogP contribution in [0.3, 0.4) is 0 Å². The van der Waals surface area contributed by atoms with Crippen molar-refractivity contribution in [1.29, 1.82) is 0 Å². The molecular weight excluding hydrogens is 383 g/mol. The van der Waals surface area contributed by atoms with Gasteiger partial charge in [0.05, 0.1) is 5.56 Å². The molecule has 1 aromatic heterocycles. The first-order valence-corrected chi connectivity index (χ1v) is 9.82. The molecule has 0 aliphatic heterocycles. The van der Waals surface area contributed by atoms with Gasteiger partial charge < -0.3 is 9.64 Å². The maximum atomic E-state index is 13.2. The van der Waals surface area contributed by atoms with Gasteiger partial charge in [-0.15, -0.1) is 11.3 Å². The summed E-state index contributed by atoms with van der Waals surface area (Å²) in [5.41, 5.74) is 0.585. The molecule has 10 heteroatoms. The van der Waals surface area contributed by atoms with E-state index in [0.717, 1.165) is 17.4 Å². The summed E-state index contributed by atoms with van der Waals surface area (Å²) in [5, 5.41) is 6.27. The van der Waals surface area contributed by atoms with Crippen LogP contribution in [0, 0.1) is 5.82 Å². The summed E-state index contributed by atoms with van der Waals surface area (Å²) >= 11 is 0.785. The van der Waals surface area contributed by atoms with Gasteiger partial charge in [0.25, 0.3) is 5.91 Å². The minimum atomic E-state index is -3.91. The third-order valence-corrected chi connectivity index (χ3v) is 5.79. The first-order chi connectivity index (χ1) is 12.1. The fraction of sp³-hybridized carbons (Fsp3) is 0.250. The fourth-order valence-corrected chi connectivity index (χ4v) is 3.72. The normalized spacial score (nSPS) is 12.5. The fourth-order valence-electron chi connectivity index (χ4n) is 2.15. The smallest absolute Gasteiger partial charge is 0.339 e. The quantitative estimate of drug-likeness (QED) is 0.744. The van der Waals surface area contributed by atoms with Crippen LogP contribution in [0.5, 0.6) is 0 Å². The summed E-state index contributed by atoms with van der Waals surface area (Å²) < 4.78 is 40.6. The number of carbonyl (C=O) groups excluding carboxylic acids is 2. The second-order valence-corrected chi connectivity index (χ2v) is 8.27. The highest BCUT2D eigenvalue weighted by Gasteiger charge is 2.24. The molecule has 0 saturated carbocycles. The average Bonchev–Trinajstić information content (AvgIpc) is 3.04. The highest BCUT2D eigenvalue weighted by Crippen LogP contribution is 2.20. The third-order valence-electron chi connectivity index (χ3n) is 3.41. The van der Waals surface area contributed by atoms with Gasteiger partial charge in [0.1, 0.15) is 10.0 Å². The Labute approximate surface area is 154 Å². The highest BCUT2D eigenvalue weighted by molar-refractivity contribution is 7.91. The zero-order valence-electron chi connectivity index (χ0n) is 14.0. The molecule has 0 bridgehead atoms. The molecule has 0 fully saturated rings. The lowest BCUT2D eigenvalue weighted by molar-refractivity contribution is -0.139. The molecule has 2 N–H and O–H groups in total. The van der Waals surface area contributed by atoms with E-state index in [-0.39, 0.29) is 16.3 Å². The first kappa shape index (κ1) is 20.0. The van der Waals surface area contributed by atoms with E-state index in [0.29, 0.717) is 5.56 Å². The number of sulfonamides is 1. The Morgan fingerprint density at radius 1 is 1.35 bits per heavy atom. The molecule has 1 aromatic carbocycles. The average molecular weight is 400 g/mol. The van der Waals surface area contributed by atoms with Crippen LogP contribution in [0.15, 0.2) is 39.9 Å². The van der Waals surface area contributed by atoms with Crippen molar-refractivity contribution >= 4 is 33.2 Å². The van der Waals surface area contributed by atoms with Gasteiger partial charge in [-0.2, -0.15) is 0 Å². The molecule has 1 heterocycles. The summed E-state index contributed by atoms with van der Waals surface area (Å²) in [6.07, 6.45) is -1.10. The van der Waals surface area contributed by atoms with E-state index in [1.54, 1.807) is 6.07 Å². The van der Waals surface area contributed by atoms with Crippen LogP contribution in [0.1, 0.15) is 22.8 Å². The van der Waals surface area contributed by atoms with Crippen molar-refractivity contribution in [3.63, 3.8) is 0 Å². The number of amides is 1. The number of hydrogen-bond acceptors (Lipinski definition) is 6. The Balaban J connectivity index is 1.99. The molecule has 26 heavy (non-hydrogen) atoms. The topological polar surface area (TPSA) is 107 Å². The molecule has 0 radical (unpaired) electrons. The summed E-state index contributed by atoms with van der Waals surface area (Å²) in [4.78, 5) is 25.7. The zero-order chi connectivity index (χ0) is 19.5. The molecule has 0 aliphatic carbocycles. The first-order valence-electron chi connectivity index (χ1n) is 7.39. The number of ether oxygens (including phenoxy) is 1. The summed E-state index contributed by atoms with van der Waals surface area (Å²) in [6.45, 7) is 1.54. The lowest BCUT2D eigenvalue weighted by Gasteiger charge is -2.21. The molecule has 7 nitrogen and oxygen atoms in total. The Kier molecular flexibility index (Phi) is 6.11. The number of esters is 1. The van der Waals surface area contributed by atoms with Crippen molar-refractivity contribution in [2.24, 2.45) is 5.14 Å². The van der Waals surface area contributed by atoms with Crippen LogP contribution in [0.4, 0.5) is 4.39 Å². The number of hydrogen-bond donors (Lipinski definition) is 1. The molecule has 1 unspecified atom stereocenters. The standard InChI is InChI=1S/C16H17FN2O5S2/c1-10(15(20)19(2)8-11-4-3-5-13(17)6-11)24-16(21)12-7-14(25-9-12)26(18,22)23/h3-7,9-10H,8H2,1-2H3,(H2,18,22,23). The van der Waals surface area contributed by atoms with Gasteiger partial charge in [0, 0.05) is 19.0 Å². The predicted octanol–water partition coefficient (Wildman–Crippen LogP) is 1.74. The molecule has 0 saturated heterocycles. The highest BCUT2D eigenvalue weighted by atomic mass is 32.2. The number of nitrogens with two attached hydrogens (primary N) is 1. The van der Waals surface area contributed by atoms with Gasteiger partial charge in [-0.1, -0.05) is 12.1 Å². The number of rotatable bonds is 6. The third kappa shape index (κ3) is 5.10. The molecule has 140 valence electrons. The van der Waals surface area contributed by atoms with Crippen molar-refractivity contribution in [2.75, 3.05) is 7.05 Å². The van der Waals surface area contributed by atoms with Gasteiger partial charge in [-0.25, -0.2) is 22.7 Å². The molecule has 2 rings (SSSR count). The van der Waals surface area contributed by atoms with Crippen molar-refractivity contribution in [1.82, 2.24) is 4.90 Å².